The van der Waals surface area contributed by atoms with Crippen molar-refractivity contribution in [1.82, 2.24) is 9.55 Å². The molecule has 25 heavy (non-hydrogen) atoms. The minimum absolute atomic E-state index is 0.376. The number of aromatic amines is 1. The molecule has 0 saturated carbocycles. The first-order valence-corrected chi connectivity index (χ1v) is 7.39. The summed E-state index contributed by atoms with van der Waals surface area (Å²) in [5.74, 6) is -1.98. The Bertz CT molecular complexity index is 740. The van der Waals surface area contributed by atoms with E-state index < -0.39 is 60.8 Å². The van der Waals surface area contributed by atoms with E-state index in [1.54, 1.807) is 0 Å². The van der Waals surface area contributed by atoms with Crippen molar-refractivity contribution in [2.24, 2.45) is 0 Å². The molecule has 0 bridgehead atoms. The van der Waals surface area contributed by atoms with E-state index in [1.165, 1.54) is 7.11 Å². The first kappa shape index (κ1) is 18.8. The van der Waals surface area contributed by atoms with E-state index in [2.05, 4.69) is 0 Å². The third-order valence-electron chi connectivity index (χ3n) is 3.67. The van der Waals surface area contributed by atoms with E-state index in [-0.39, 0.29) is 6.42 Å². The average molecular weight is 358 g/mol. The van der Waals surface area contributed by atoms with E-state index in [4.69, 9.17) is 19.3 Å². The van der Waals surface area contributed by atoms with Crippen molar-refractivity contribution in [3.05, 3.63) is 33.1 Å². The molecule has 11 heteroatoms. The molecule has 3 N–H and O–H groups in total. The zero-order valence-corrected chi connectivity index (χ0v) is 13.3. The van der Waals surface area contributed by atoms with Gasteiger partial charge in [0.25, 0.3) is 5.56 Å². The summed E-state index contributed by atoms with van der Waals surface area (Å²) in [7, 11) is 1.31. The molecule has 1 aliphatic rings. The number of rotatable bonds is 7. The van der Waals surface area contributed by atoms with Crippen LogP contribution in [-0.4, -0.2) is 63.7 Å². The number of hydrogen-bond acceptors (Lipinski definition) is 8. The Hall–Kier alpha value is -2.50. The Morgan fingerprint density at radius 1 is 1.32 bits per heavy atom. The number of aromatic nitrogens is 2. The maximum absolute atomic E-state index is 12.0. The summed E-state index contributed by atoms with van der Waals surface area (Å²) in [6, 6.07) is 1.09. The molecule has 0 aromatic carbocycles. The number of carboxylic acids is 1. The van der Waals surface area contributed by atoms with Crippen LogP contribution >= 0.6 is 0 Å². The number of hydrogen-bond donors (Lipinski definition) is 3. The summed E-state index contributed by atoms with van der Waals surface area (Å²) in [4.78, 5) is 47.6. The highest BCUT2D eigenvalue weighted by Crippen LogP contribution is 2.32. The van der Waals surface area contributed by atoms with Gasteiger partial charge in [0.2, 0.25) is 0 Å². The van der Waals surface area contributed by atoms with Crippen LogP contribution in [0.5, 0.6) is 0 Å². The van der Waals surface area contributed by atoms with E-state index in [0.29, 0.717) is 0 Å². The summed E-state index contributed by atoms with van der Waals surface area (Å²) in [5, 5.41) is 18.0. The molecule has 11 nitrogen and oxygen atoms in total. The van der Waals surface area contributed by atoms with Crippen molar-refractivity contribution in [2.75, 3.05) is 13.7 Å². The molecular weight excluding hydrogens is 340 g/mol. The molecular formula is C14H18N2O9. The largest absolute Gasteiger partial charge is 0.481 e. The van der Waals surface area contributed by atoms with Crippen LogP contribution in [0.15, 0.2) is 21.9 Å². The van der Waals surface area contributed by atoms with Gasteiger partial charge in [0.15, 0.2) is 12.3 Å². The molecule has 0 radical (unpaired) electrons. The van der Waals surface area contributed by atoms with Crippen LogP contribution in [0.1, 0.15) is 19.1 Å². The Labute approximate surface area is 140 Å². The molecule has 1 fully saturated rings. The van der Waals surface area contributed by atoms with Gasteiger partial charge >= 0.3 is 17.6 Å². The number of nitrogens with zero attached hydrogens (tertiary/aromatic N) is 1. The highest BCUT2D eigenvalue weighted by Gasteiger charge is 2.48. The molecule has 1 saturated heterocycles. The number of esters is 1. The quantitative estimate of drug-likeness (QED) is 0.479. The van der Waals surface area contributed by atoms with Gasteiger partial charge in [-0.15, -0.1) is 0 Å². The maximum atomic E-state index is 12.0. The molecule has 0 aliphatic carbocycles. The standard InChI is InChI=1S/C14H18N2O9/c1-23-11-7(6-17)24-13(16-5-4-8(18)15-14(16)22)12(11)25-10(21)3-2-9(19)20/h4-5,7,11-13,17H,2-3,6H2,1H3,(H,19,20)(H,15,18,22)/t7-,11?,12+,13-/m1/s1. The van der Waals surface area contributed by atoms with Gasteiger partial charge in [0.05, 0.1) is 19.4 Å². The van der Waals surface area contributed by atoms with Crippen LogP contribution in [0.3, 0.4) is 0 Å². The second-order valence-electron chi connectivity index (χ2n) is 5.31. The smallest absolute Gasteiger partial charge is 0.330 e. The summed E-state index contributed by atoms with van der Waals surface area (Å²) >= 11 is 0. The summed E-state index contributed by atoms with van der Waals surface area (Å²) < 4.78 is 17.0. The van der Waals surface area contributed by atoms with Gasteiger partial charge in [0, 0.05) is 19.4 Å². The Balaban J connectivity index is 2.28. The van der Waals surface area contributed by atoms with Crippen molar-refractivity contribution in [2.45, 2.75) is 37.4 Å². The van der Waals surface area contributed by atoms with Crippen molar-refractivity contribution in [3.63, 3.8) is 0 Å². The van der Waals surface area contributed by atoms with E-state index in [0.717, 1.165) is 16.8 Å². The Morgan fingerprint density at radius 2 is 2.04 bits per heavy atom. The predicted molar refractivity (Wildman–Crippen MR) is 79.9 cm³/mol. The zero-order chi connectivity index (χ0) is 18.6. The van der Waals surface area contributed by atoms with Crippen molar-refractivity contribution >= 4 is 11.9 Å². The Morgan fingerprint density at radius 3 is 2.60 bits per heavy atom. The molecule has 0 amide bonds. The van der Waals surface area contributed by atoms with Crippen molar-refractivity contribution < 1.29 is 34.0 Å². The fraction of sp³-hybridized carbons (Fsp3) is 0.571. The summed E-state index contributed by atoms with van der Waals surface area (Å²) in [6.07, 6.45) is -3.67. The topological polar surface area (TPSA) is 157 Å². The number of ether oxygens (including phenoxy) is 3. The third kappa shape index (κ3) is 4.32. The van der Waals surface area contributed by atoms with Gasteiger partial charge in [-0.25, -0.2) is 4.79 Å². The highest BCUT2D eigenvalue weighted by atomic mass is 16.6. The van der Waals surface area contributed by atoms with Gasteiger partial charge in [0.1, 0.15) is 12.2 Å². The number of aliphatic hydroxyl groups excluding tert-OH is 1. The fourth-order valence-corrected chi connectivity index (χ4v) is 2.54. The molecule has 4 atom stereocenters. The molecule has 2 heterocycles. The van der Waals surface area contributed by atoms with Gasteiger partial charge in [-0.05, 0) is 0 Å². The second kappa shape index (κ2) is 8.05. The predicted octanol–water partition coefficient (Wildman–Crippen LogP) is -1.78. The van der Waals surface area contributed by atoms with Gasteiger partial charge in [-0.1, -0.05) is 0 Å². The van der Waals surface area contributed by atoms with E-state index >= 15 is 0 Å². The van der Waals surface area contributed by atoms with Gasteiger partial charge in [-0.3, -0.25) is 23.9 Å². The molecule has 1 aromatic rings. The lowest BCUT2D eigenvalue weighted by Gasteiger charge is -2.23. The molecule has 1 aromatic heterocycles. The van der Waals surface area contributed by atoms with E-state index in [1.807, 2.05) is 4.98 Å². The number of nitrogens with one attached hydrogen (secondary N) is 1. The van der Waals surface area contributed by atoms with Crippen molar-refractivity contribution in [3.8, 4) is 0 Å². The van der Waals surface area contributed by atoms with Crippen molar-refractivity contribution in [1.29, 1.82) is 0 Å². The number of aliphatic carboxylic acids is 1. The number of carboxylic acid groups (broad SMARTS) is 1. The average Bonchev–Trinajstić information content (AvgIpc) is 2.90. The minimum Gasteiger partial charge on any atom is -0.481 e. The SMILES string of the molecule is COC1[C@@H](CO)O[C@@H](n2ccc(=O)[nH]c2=O)[C@H]1OC(=O)CCC(=O)O. The van der Waals surface area contributed by atoms with Gasteiger partial charge in [-0.2, -0.15) is 0 Å². The second-order valence-corrected chi connectivity index (χ2v) is 5.31. The lowest BCUT2D eigenvalue weighted by molar-refractivity contribution is -0.161. The van der Waals surface area contributed by atoms with Gasteiger partial charge < -0.3 is 24.4 Å². The molecule has 0 spiro atoms. The van der Waals surface area contributed by atoms with Crippen LogP contribution in [0.2, 0.25) is 0 Å². The zero-order valence-electron chi connectivity index (χ0n) is 13.3. The number of carbonyl (C=O) groups excluding carboxylic acids is 1. The van der Waals surface area contributed by atoms with Crippen LogP contribution in [-0.2, 0) is 23.8 Å². The van der Waals surface area contributed by atoms with Crippen LogP contribution in [0.4, 0.5) is 0 Å². The minimum atomic E-state index is -1.16. The molecule has 1 unspecified atom stereocenters. The lowest BCUT2D eigenvalue weighted by atomic mass is 10.1. The fourth-order valence-electron chi connectivity index (χ4n) is 2.54. The van der Waals surface area contributed by atoms with E-state index in [9.17, 15) is 24.3 Å². The molecule has 1 aliphatic heterocycles. The summed E-state index contributed by atoms with van der Waals surface area (Å²) in [5.41, 5.74) is -1.41. The Kier molecular flexibility index (Phi) is 6.07. The van der Waals surface area contributed by atoms with Crippen LogP contribution < -0.4 is 11.2 Å². The van der Waals surface area contributed by atoms with Crippen LogP contribution in [0, 0.1) is 0 Å². The number of methoxy groups -OCH3 is 1. The first-order valence-electron chi connectivity index (χ1n) is 7.39. The third-order valence-corrected chi connectivity index (χ3v) is 3.67. The lowest BCUT2D eigenvalue weighted by Crippen LogP contribution is -2.41. The molecule has 2 rings (SSSR count). The van der Waals surface area contributed by atoms with Crippen LogP contribution in [0.25, 0.3) is 0 Å². The normalized spacial score (nSPS) is 25.7. The summed E-state index contributed by atoms with van der Waals surface area (Å²) in [6.45, 7) is -0.462. The highest BCUT2D eigenvalue weighted by molar-refractivity contribution is 5.76. The molecule has 138 valence electrons. The first-order chi connectivity index (χ1) is 11.9. The monoisotopic (exact) mass is 358 g/mol. The number of aliphatic hydroxyl groups is 1. The number of H-pyrrole nitrogens is 1. The maximum Gasteiger partial charge on any atom is 0.330 e. The number of carbonyl (C=O) groups is 2.